The van der Waals surface area contributed by atoms with Gasteiger partial charge in [-0.05, 0) is 118 Å². The second kappa shape index (κ2) is 10.7. The van der Waals surface area contributed by atoms with Crippen LogP contribution < -0.4 is 0 Å². The molecule has 5 saturated carbocycles. The number of hydrogen-bond acceptors (Lipinski definition) is 5. The first kappa shape index (κ1) is 30.3. The zero-order valence-electron chi connectivity index (χ0n) is 27.5. The van der Waals surface area contributed by atoms with E-state index >= 15 is 0 Å². The molecular weight excluding hydrogens is 512 g/mol. The van der Waals surface area contributed by atoms with Crippen molar-refractivity contribution >= 4 is 5.91 Å². The Hall–Kier alpha value is -0.690. The van der Waals surface area contributed by atoms with Gasteiger partial charge in [-0.3, -0.25) is 4.79 Å². The van der Waals surface area contributed by atoms with E-state index in [4.69, 9.17) is 14.2 Å². The predicted octanol–water partition coefficient (Wildman–Crippen LogP) is 6.37. The minimum atomic E-state index is -0.292. The number of carbonyl (C=O) groups is 1. The molecule has 6 fully saturated rings. The SMILES string of the molecule is CC[C@H](CN(C)C)O[C@@H]1CC2[C@@H]3CCC4C(C)(C)[C@@H](OC5CN(C(=O)C(C)C)CCO5)CC[C@@]45C[C@@]35CC[C@]2(C)C1. The van der Waals surface area contributed by atoms with Crippen LogP contribution in [0.4, 0.5) is 0 Å². The van der Waals surface area contributed by atoms with Gasteiger partial charge in [-0.1, -0.05) is 41.5 Å². The second-order valence-electron chi connectivity index (χ2n) is 16.7. The van der Waals surface area contributed by atoms with Crippen LogP contribution in [-0.2, 0) is 19.0 Å². The van der Waals surface area contributed by atoms with Crippen LogP contribution in [0.1, 0.15) is 106 Å². The lowest BCUT2D eigenvalue weighted by atomic mass is 9.47. The highest BCUT2D eigenvalue weighted by Gasteiger charge is 2.80. The molecule has 5 aliphatic carbocycles. The molecule has 0 radical (unpaired) electrons. The fourth-order valence-corrected chi connectivity index (χ4v) is 11.6. The fourth-order valence-electron chi connectivity index (χ4n) is 11.6. The molecule has 234 valence electrons. The number of likely N-dealkylation sites (N-methyl/N-ethyl adjacent to an activating group) is 1. The monoisotopic (exact) mass is 572 g/mol. The Labute approximate surface area is 250 Å². The zero-order chi connectivity index (χ0) is 29.4. The van der Waals surface area contributed by atoms with E-state index in [2.05, 4.69) is 46.7 Å². The average molecular weight is 573 g/mol. The number of ether oxygens (including phenoxy) is 3. The van der Waals surface area contributed by atoms with Crippen LogP contribution >= 0.6 is 0 Å². The van der Waals surface area contributed by atoms with Crippen LogP contribution in [0.5, 0.6) is 0 Å². The molecule has 3 unspecified atom stereocenters. The van der Waals surface area contributed by atoms with Crippen molar-refractivity contribution < 1.29 is 19.0 Å². The third kappa shape index (κ3) is 4.93. The summed E-state index contributed by atoms with van der Waals surface area (Å²) in [5, 5.41) is 0. The molecule has 41 heavy (non-hydrogen) atoms. The van der Waals surface area contributed by atoms with Crippen LogP contribution in [0.15, 0.2) is 0 Å². The van der Waals surface area contributed by atoms with Crippen molar-refractivity contribution in [1.29, 1.82) is 0 Å². The molecule has 1 amide bonds. The summed E-state index contributed by atoms with van der Waals surface area (Å²) in [6, 6.07) is 0. The smallest absolute Gasteiger partial charge is 0.225 e. The van der Waals surface area contributed by atoms with Gasteiger partial charge in [0.15, 0.2) is 6.29 Å². The lowest BCUT2D eigenvalue weighted by molar-refractivity contribution is -0.244. The predicted molar refractivity (Wildman–Crippen MR) is 162 cm³/mol. The number of carbonyl (C=O) groups excluding carboxylic acids is 1. The molecular formula is C35H60N2O4. The number of nitrogens with zero attached hydrogens (tertiary/aromatic N) is 2. The summed E-state index contributed by atoms with van der Waals surface area (Å²) in [5.41, 5.74) is 1.67. The molecule has 0 aromatic rings. The maximum atomic E-state index is 12.7. The topological polar surface area (TPSA) is 51.2 Å². The standard InChI is InChI=1S/C35H60N2O4/c1-9-24(20-36(7)8)40-25-18-27-26-10-11-28-32(4,5)29(41-30-21-37(16-17-39-30)31(38)23(2)3)12-13-35(28)22-34(26,35)15-14-33(27,6)19-25/h23-30H,9-22H2,1-8H3/t24-,25-,26+,27?,28?,29+,30?,33-,34+,35-/m1/s1. The van der Waals surface area contributed by atoms with Gasteiger partial charge in [-0.25, -0.2) is 0 Å². The van der Waals surface area contributed by atoms with E-state index in [9.17, 15) is 4.79 Å². The van der Waals surface area contributed by atoms with Crippen molar-refractivity contribution in [1.82, 2.24) is 9.80 Å². The van der Waals surface area contributed by atoms with Gasteiger partial charge < -0.3 is 24.0 Å². The first-order valence-electron chi connectivity index (χ1n) is 17.2. The zero-order valence-corrected chi connectivity index (χ0v) is 27.5. The van der Waals surface area contributed by atoms with Crippen LogP contribution in [0.3, 0.4) is 0 Å². The van der Waals surface area contributed by atoms with Gasteiger partial charge in [0.05, 0.1) is 31.5 Å². The highest BCUT2D eigenvalue weighted by molar-refractivity contribution is 5.78. The van der Waals surface area contributed by atoms with E-state index < -0.39 is 0 Å². The highest BCUT2D eigenvalue weighted by atomic mass is 16.7. The summed E-state index contributed by atoms with van der Waals surface area (Å²) in [5.74, 6) is 2.67. The van der Waals surface area contributed by atoms with E-state index in [1.165, 1.54) is 51.4 Å². The van der Waals surface area contributed by atoms with Gasteiger partial charge >= 0.3 is 0 Å². The fraction of sp³-hybridized carbons (Fsp3) is 0.971. The van der Waals surface area contributed by atoms with Gasteiger partial charge in [-0.2, -0.15) is 0 Å². The molecule has 1 saturated heterocycles. The molecule has 1 aliphatic heterocycles. The van der Waals surface area contributed by atoms with Crippen molar-refractivity contribution in [2.45, 2.75) is 130 Å². The number of amides is 1. The molecule has 0 N–H and O–H groups in total. The van der Waals surface area contributed by atoms with E-state index in [1.54, 1.807) is 0 Å². The Morgan fingerprint density at radius 1 is 1.05 bits per heavy atom. The van der Waals surface area contributed by atoms with Crippen molar-refractivity contribution in [3.63, 3.8) is 0 Å². The molecule has 6 rings (SSSR count). The summed E-state index contributed by atoms with van der Waals surface area (Å²) in [4.78, 5) is 16.9. The maximum Gasteiger partial charge on any atom is 0.225 e. The molecule has 10 atom stereocenters. The van der Waals surface area contributed by atoms with Gasteiger partial charge in [0.2, 0.25) is 5.91 Å². The van der Waals surface area contributed by atoms with E-state index in [-0.39, 0.29) is 29.6 Å². The lowest BCUT2D eigenvalue weighted by Gasteiger charge is -2.59. The van der Waals surface area contributed by atoms with Gasteiger partial charge in [0, 0.05) is 19.0 Å². The van der Waals surface area contributed by atoms with E-state index in [0.717, 1.165) is 37.1 Å². The molecule has 6 aliphatic rings. The Bertz CT molecular complexity index is 983. The Morgan fingerprint density at radius 2 is 1.83 bits per heavy atom. The van der Waals surface area contributed by atoms with Crippen LogP contribution in [-0.4, -0.2) is 80.6 Å². The first-order valence-corrected chi connectivity index (χ1v) is 17.2. The average Bonchev–Trinajstić information content (AvgIpc) is 3.47. The molecule has 0 bridgehead atoms. The Morgan fingerprint density at radius 3 is 2.54 bits per heavy atom. The summed E-state index contributed by atoms with van der Waals surface area (Å²) < 4.78 is 19.7. The van der Waals surface area contributed by atoms with Crippen LogP contribution in [0, 0.1) is 45.3 Å². The molecule has 6 heteroatoms. The minimum Gasteiger partial charge on any atom is -0.374 e. The summed E-state index contributed by atoms with van der Waals surface area (Å²) in [6.45, 7) is 16.7. The first-order chi connectivity index (χ1) is 19.3. The minimum absolute atomic E-state index is 0.0196. The largest absolute Gasteiger partial charge is 0.374 e. The molecule has 0 aromatic heterocycles. The normalized spacial score (nSPS) is 45.6. The summed E-state index contributed by atoms with van der Waals surface area (Å²) in [7, 11) is 4.34. The van der Waals surface area contributed by atoms with Crippen molar-refractivity contribution in [2.24, 2.45) is 45.3 Å². The third-order valence-electron chi connectivity index (χ3n) is 13.5. The number of rotatable bonds is 8. The summed E-state index contributed by atoms with van der Waals surface area (Å²) >= 11 is 0. The summed E-state index contributed by atoms with van der Waals surface area (Å²) in [6.07, 6.45) is 13.8. The van der Waals surface area contributed by atoms with Crippen molar-refractivity contribution in [3.8, 4) is 0 Å². The van der Waals surface area contributed by atoms with Crippen LogP contribution in [0.25, 0.3) is 0 Å². The van der Waals surface area contributed by atoms with E-state index in [0.29, 0.717) is 48.1 Å². The Balaban J connectivity index is 1.13. The number of hydrogen-bond donors (Lipinski definition) is 0. The van der Waals surface area contributed by atoms with Crippen molar-refractivity contribution in [2.75, 3.05) is 40.3 Å². The van der Waals surface area contributed by atoms with Crippen LogP contribution in [0.2, 0.25) is 0 Å². The lowest BCUT2D eigenvalue weighted by Crippen LogP contribution is -2.56. The second-order valence-corrected chi connectivity index (χ2v) is 16.7. The molecule has 1 heterocycles. The number of morpholine rings is 1. The molecule has 2 spiro atoms. The number of fused-ring (bicyclic) bond motifs is 2. The molecule has 0 aromatic carbocycles. The van der Waals surface area contributed by atoms with Gasteiger partial charge in [0.25, 0.3) is 0 Å². The highest BCUT2D eigenvalue weighted by Crippen LogP contribution is 2.86. The molecule has 6 nitrogen and oxygen atoms in total. The Kier molecular flexibility index (Phi) is 7.94. The third-order valence-corrected chi connectivity index (χ3v) is 13.5. The van der Waals surface area contributed by atoms with E-state index in [1.807, 2.05) is 18.7 Å². The van der Waals surface area contributed by atoms with Crippen molar-refractivity contribution in [3.05, 3.63) is 0 Å². The van der Waals surface area contributed by atoms with Gasteiger partial charge in [-0.15, -0.1) is 0 Å². The quantitative estimate of drug-likeness (QED) is 0.338. The van der Waals surface area contributed by atoms with Gasteiger partial charge in [0.1, 0.15) is 0 Å². The maximum absolute atomic E-state index is 12.7.